The third-order valence-electron chi connectivity index (χ3n) is 5.02. The Labute approximate surface area is 140 Å². The fraction of sp³-hybridized carbons (Fsp3) is 0.353. The van der Waals surface area contributed by atoms with Crippen molar-refractivity contribution in [2.75, 3.05) is 0 Å². The SMILES string of the molecule is C[C@@]12CC(=O)[C@@](C)(O1)c1c2c(O)n(-c2cccc(C(F)(F)F)c2)c1O. The average molecular weight is 353 g/mol. The molecule has 0 aliphatic carbocycles. The van der Waals surface area contributed by atoms with Gasteiger partial charge in [0.15, 0.2) is 11.4 Å². The minimum atomic E-state index is -4.56. The first-order valence-electron chi connectivity index (χ1n) is 7.58. The normalized spacial score (nSPS) is 27.8. The first-order valence-corrected chi connectivity index (χ1v) is 7.58. The van der Waals surface area contributed by atoms with E-state index in [2.05, 4.69) is 0 Å². The van der Waals surface area contributed by atoms with E-state index in [1.54, 1.807) is 6.92 Å². The zero-order valence-corrected chi connectivity index (χ0v) is 13.3. The van der Waals surface area contributed by atoms with Crippen molar-refractivity contribution in [3.05, 3.63) is 41.0 Å². The topological polar surface area (TPSA) is 71.7 Å². The molecule has 1 aromatic heterocycles. The number of Topliss-reactive ketones (excluding diaryl/α,β-unsaturated/α-hetero) is 1. The third-order valence-corrected chi connectivity index (χ3v) is 5.02. The van der Waals surface area contributed by atoms with Crippen LogP contribution in [0.3, 0.4) is 0 Å². The van der Waals surface area contributed by atoms with Crippen molar-refractivity contribution < 1.29 is 32.9 Å². The van der Waals surface area contributed by atoms with E-state index in [-0.39, 0.29) is 29.0 Å². The van der Waals surface area contributed by atoms with Crippen LogP contribution in [0.25, 0.3) is 5.69 Å². The highest BCUT2D eigenvalue weighted by Crippen LogP contribution is 2.62. The summed E-state index contributed by atoms with van der Waals surface area (Å²) in [6, 6.07) is 4.23. The van der Waals surface area contributed by atoms with Crippen LogP contribution in [-0.4, -0.2) is 20.6 Å². The molecule has 2 aliphatic rings. The van der Waals surface area contributed by atoms with Gasteiger partial charge in [-0.15, -0.1) is 0 Å². The molecule has 2 aliphatic heterocycles. The van der Waals surface area contributed by atoms with Gasteiger partial charge in [0.05, 0.1) is 22.4 Å². The number of halogens is 3. The Morgan fingerprint density at radius 1 is 1.16 bits per heavy atom. The number of carbonyl (C=O) groups excluding carboxylic acids is 1. The highest BCUT2D eigenvalue weighted by atomic mass is 19.4. The van der Waals surface area contributed by atoms with Crippen molar-refractivity contribution >= 4 is 5.78 Å². The number of carbonyl (C=O) groups is 1. The van der Waals surface area contributed by atoms with Gasteiger partial charge in [-0.3, -0.25) is 9.36 Å². The smallest absolute Gasteiger partial charge is 0.416 e. The first kappa shape index (κ1) is 16.0. The largest absolute Gasteiger partial charge is 0.494 e. The molecule has 2 aromatic rings. The Balaban J connectivity index is 1.97. The van der Waals surface area contributed by atoms with Crippen LogP contribution in [0.4, 0.5) is 13.2 Å². The molecule has 0 saturated carbocycles. The molecule has 1 fully saturated rings. The summed E-state index contributed by atoms with van der Waals surface area (Å²) in [7, 11) is 0. The molecular weight excluding hydrogens is 339 g/mol. The summed E-state index contributed by atoms with van der Waals surface area (Å²) in [6.45, 7) is 3.10. The van der Waals surface area contributed by atoms with Crippen LogP contribution < -0.4 is 0 Å². The Kier molecular flexibility index (Phi) is 2.80. The fourth-order valence-electron chi connectivity index (χ4n) is 3.91. The van der Waals surface area contributed by atoms with Gasteiger partial charge in [0.25, 0.3) is 0 Å². The molecule has 4 rings (SSSR count). The zero-order valence-electron chi connectivity index (χ0n) is 13.3. The highest BCUT2D eigenvalue weighted by molar-refractivity contribution is 5.95. The van der Waals surface area contributed by atoms with E-state index in [0.717, 1.165) is 16.7 Å². The van der Waals surface area contributed by atoms with Crippen molar-refractivity contribution in [2.45, 2.75) is 37.6 Å². The standard InChI is InChI=1S/C17H14F3NO4/c1-15-7-10(22)16(2,25-15)12-11(15)13(23)21(14(12)24)9-5-3-4-8(6-9)17(18,19)20/h3-6,23-24H,7H2,1-2H3/t15-,16+/m0/s1. The number of rotatable bonds is 1. The Bertz CT molecular complexity index is 933. The van der Waals surface area contributed by atoms with Crippen molar-refractivity contribution in [2.24, 2.45) is 0 Å². The molecule has 8 heteroatoms. The second kappa shape index (κ2) is 4.37. The van der Waals surface area contributed by atoms with Crippen LogP contribution in [0, 0.1) is 0 Å². The number of nitrogens with zero attached hydrogens (tertiary/aromatic N) is 1. The van der Waals surface area contributed by atoms with Gasteiger partial charge < -0.3 is 14.9 Å². The number of benzene rings is 1. The number of ether oxygens (including phenoxy) is 1. The second-order valence-electron chi connectivity index (χ2n) is 6.75. The van der Waals surface area contributed by atoms with E-state index in [4.69, 9.17) is 4.74 Å². The Morgan fingerprint density at radius 2 is 1.80 bits per heavy atom. The fourth-order valence-corrected chi connectivity index (χ4v) is 3.91. The summed E-state index contributed by atoms with van der Waals surface area (Å²) in [5.74, 6) is -1.17. The number of hydrogen-bond donors (Lipinski definition) is 2. The van der Waals surface area contributed by atoms with E-state index >= 15 is 0 Å². The lowest BCUT2D eigenvalue weighted by Crippen LogP contribution is -2.28. The van der Waals surface area contributed by atoms with Gasteiger partial charge in [-0.1, -0.05) is 6.07 Å². The lowest BCUT2D eigenvalue weighted by molar-refractivity contribution is -0.137. The molecule has 0 radical (unpaired) electrons. The maximum atomic E-state index is 13.0. The monoisotopic (exact) mass is 353 g/mol. The number of ketones is 1. The first-order chi connectivity index (χ1) is 11.5. The molecule has 132 valence electrons. The maximum absolute atomic E-state index is 13.0. The Hall–Kier alpha value is -2.48. The lowest BCUT2D eigenvalue weighted by atomic mass is 9.79. The van der Waals surface area contributed by atoms with Crippen molar-refractivity contribution in [1.29, 1.82) is 0 Å². The summed E-state index contributed by atoms with van der Waals surface area (Å²) in [5, 5.41) is 21.2. The van der Waals surface area contributed by atoms with E-state index < -0.39 is 34.7 Å². The van der Waals surface area contributed by atoms with Crippen LogP contribution in [0.5, 0.6) is 11.8 Å². The van der Waals surface area contributed by atoms with E-state index in [0.29, 0.717) is 0 Å². The molecular formula is C17H14F3NO4. The summed E-state index contributed by atoms with van der Waals surface area (Å²) in [4.78, 5) is 12.2. The molecule has 3 heterocycles. The van der Waals surface area contributed by atoms with Crippen molar-refractivity contribution in [3.63, 3.8) is 0 Å². The molecule has 0 amide bonds. The summed E-state index contributed by atoms with van der Waals surface area (Å²) < 4.78 is 45.5. The predicted octanol–water partition coefficient (Wildman–Crippen LogP) is 3.34. The summed E-state index contributed by atoms with van der Waals surface area (Å²) in [6.07, 6.45) is -4.54. The number of alkyl halides is 3. The number of fused-ring (bicyclic) bond motifs is 5. The molecule has 5 nitrogen and oxygen atoms in total. The maximum Gasteiger partial charge on any atom is 0.416 e. The van der Waals surface area contributed by atoms with Crippen molar-refractivity contribution in [1.82, 2.24) is 4.57 Å². The molecule has 2 bridgehead atoms. The minimum Gasteiger partial charge on any atom is -0.494 e. The van der Waals surface area contributed by atoms with Crippen LogP contribution in [0.15, 0.2) is 24.3 Å². The molecule has 2 atom stereocenters. The van der Waals surface area contributed by atoms with E-state index in [1.165, 1.54) is 19.1 Å². The van der Waals surface area contributed by atoms with Gasteiger partial charge in [0.2, 0.25) is 11.8 Å². The van der Waals surface area contributed by atoms with Crippen molar-refractivity contribution in [3.8, 4) is 17.4 Å². The van der Waals surface area contributed by atoms with E-state index in [9.17, 15) is 28.2 Å². The quantitative estimate of drug-likeness (QED) is 0.825. The average Bonchev–Trinajstić information content (AvgIpc) is 3.00. The molecule has 25 heavy (non-hydrogen) atoms. The molecule has 0 unspecified atom stereocenters. The van der Waals surface area contributed by atoms with Crippen LogP contribution in [-0.2, 0) is 26.9 Å². The van der Waals surface area contributed by atoms with Gasteiger partial charge in [-0.05, 0) is 32.0 Å². The lowest BCUT2D eigenvalue weighted by Gasteiger charge is -2.20. The van der Waals surface area contributed by atoms with E-state index in [1.807, 2.05) is 0 Å². The Morgan fingerprint density at radius 3 is 2.44 bits per heavy atom. The molecule has 0 spiro atoms. The van der Waals surface area contributed by atoms with Gasteiger partial charge in [-0.2, -0.15) is 13.2 Å². The molecule has 2 N–H and O–H groups in total. The second-order valence-corrected chi connectivity index (χ2v) is 6.75. The summed E-state index contributed by atoms with van der Waals surface area (Å²) in [5.41, 5.74) is -3.15. The van der Waals surface area contributed by atoms with Crippen LogP contribution in [0.1, 0.15) is 37.0 Å². The number of aromatic hydroxyl groups is 2. The minimum absolute atomic E-state index is 0.0239. The zero-order chi connectivity index (χ0) is 18.4. The molecule has 1 saturated heterocycles. The predicted molar refractivity (Wildman–Crippen MR) is 79.5 cm³/mol. The van der Waals surface area contributed by atoms with Gasteiger partial charge in [-0.25, -0.2) is 0 Å². The highest BCUT2D eigenvalue weighted by Gasteiger charge is 2.64. The third kappa shape index (κ3) is 1.85. The van der Waals surface area contributed by atoms with Gasteiger partial charge >= 0.3 is 6.18 Å². The number of hydrogen-bond acceptors (Lipinski definition) is 4. The van der Waals surface area contributed by atoms with Gasteiger partial charge in [0, 0.05) is 6.42 Å². The van der Waals surface area contributed by atoms with Crippen LogP contribution >= 0.6 is 0 Å². The summed E-state index contributed by atoms with van der Waals surface area (Å²) >= 11 is 0. The molecule has 1 aromatic carbocycles. The van der Waals surface area contributed by atoms with Gasteiger partial charge in [0.1, 0.15) is 5.60 Å². The van der Waals surface area contributed by atoms with Crippen LogP contribution in [0.2, 0.25) is 0 Å². The number of aromatic nitrogens is 1.